The number of benzene rings is 2. The van der Waals surface area contributed by atoms with Crippen LogP contribution in [0.3, 0.4) is 0 Å². The first-order valence-electron chi connectivity index (χ1n) is 11.0. The van der Waals surface area contributed by atoms with Gasteiger partial charge in [-0.05, 0) is 48.1 Å². The van der Waals surface area contributed by atoms with E-state index in [-0.39, 0.29) is 5.76 Å². The Balaban J connectivity index is 1.74. The molecule has 0 fully saturated rings. The molecule has 0 aliphatic carbocycles. The van der Waals surface area contributed by atoms with Gasteiger partial charge in [0.2, 0.25) is 0 Å². The van der Waals surface area contributed by atoms with E-state index >= 15 is 0 Å². The van der Waals surface area contributed by atoms with Gasteiger partial charge >= 0.3 is 0 Å². The molecule has 3 aliphatic rings. The molecule has 2 aromatic rings. The van der Waals surface area contributed by atoms with E-state index in [9.17, 15) is 5.11 Å². The van der Waals surface area contributed by atoms with Crippen molar-refractivity contribution in [3.05, 3.63) is 94.9 Å². The van der Waals surface area contributed by atoms with Crippen LogP contribution in [0.2, 0.25) is 0 Å². The molecule has 0 unspecified atom stereocenters. The molecule has 158 valence electrons. The molecule has 0 amide bonds. The molecule has 3 nitrogen and oxygen atoms in total. The predicted octanol–water partition coefficient (Wildman–Crippen LogP) is 6.35. The number of aliphatic hydroxyl groups is 1. The number of allylic oxidation sites excluding steroid dienone is 2. The van der Waals surface area contributed by atoms with Gasteiger partial charge in [-0.25, -0.2) is 0 Å². The Labute approximate surface area is 184 Å². The lowest BCUT2D eigenvalue weighted by Crippen LogP contribution is -2.41. The van der Waals surface area contributed by atoms with E-state index in [0.717, 1.165) is 42.0 Å². The molecule has 2 aromatic carbocycles. The van der Waals surface area contributed by atoms with E-state index in [1.165, 1.54) is 27.8 Å². The van der Waals surface area contributed by atoms with Crippen molar-refractivity contribution in [3.63, 3.8) is 0 Å². The maximum atomic E-state index is 10.1. The summed E-state index contributed by atoms with van der Waals surface area (Å²) in [5.41, 5.74) is 10.2. The lowest BCUT2D eigenvalue weighted by atomic mass is 9.80. The highest BCUT2D eigenvalue weighted by Gasteiger charge is 2.37. The fourth-order valence-electron chi connectivity index (χ4n) is 5.08. The monoisotopic (exact) mass is 411 g/mol. The number of rotatable bonds is 3. The summed E-state index contributed by atoms with van der Waals surface area (Å²) in [7, 11) is 0. The molecular formula is C28H29NO2. The molecule has 0 spiro atoms. The minimum Gasteiger partial charge on any atom is -0.508 e. The van der Waals surface area contributed by atoms with Crippen LogP contribution in [0, 0.1) is 12.8 Å². The molecule has 0 aromatic heterocycles. The summed E-state index contributed by atoms with van der Waals surface area (Å²) in [6, 6.07) is 11.3. The molecule has 1 N–H and O–H groups in total. The van der Waals surface area contributed by atoms with Gasteiger partial charge < -0.3 is 14.7 Å². The normalized spacial score (nSPS) is 19.3. The third kappa shape index (κ3) is 3.11. The highest BCUT2D eigenvalue weighted by molar-refractivity contribution is 5.84. The molecule has 0 saturated carbocycles. The van der Waals surface area contributed by atoms with Gasteiger partial charge in [-0.2, -0.15) is 0 Å². The van der Waals surface area contributed by atoms with Crippen LogP contribution in [0.1, 0.15) is 36.1 Å². The van der Waals surface area contributed by atoms with Crippen LogP contribution in [0.4, 0.5) is 0 Å². The van der Waals surface area contributed by atoms with E-state index in [1.54, 1.807) is 0 Å². The van der Waals surface area contributed by atoms with Crippen molar-refractivity contribution in [2.24, 2.45) is 5.92 Å². The first-order valence-corrected chi connectivity index (χ1v) is 11.0. The Kier molecular flexibility index (Phi) is 4.58. The second-order valence-corrected chi connectivity index (χ2v) is 9.19. The fourth-order valence-corrected chi connectivity index (χ4v) is 5.08. The van der Waals surface area contributed by atoms with Crippen LogP contribution >= 0.6 is 0 Å². The van der Waals surface area contributed by atoms with Gasteiger partial charge in [-0.1, -0.05) is 56.8 Å². The summed E-state index contributed by atoms with van der Waals surface area (Å²) in [5.74, 6) is 1.56. The van der Waals surface area contributed by atoms with Crippen molar-refractivity contribution >= 4 is 5.70 Å². The van der Waals surface area contributed by atoms with E-state index < -0.39 is 0 Å². The van der Waals surface area contributed by atoms with Crippen LogP contribution in [-0.4, -0.2) is 22.7 Å². The first kappa shape index (κ1) is 19.7. The molecule has 1 atom stereocenters. The standard InChI is InChI=1S/C28H29NO2/c1-16(2)26-14-23-21-10-11-31-28(21)22(20-8-6-17(3)7-9-20)13-24(23)27-12-18(4)25(19(5)30)15-29(26)27/h6-9,12-13,15-16,26,30H,4-5,10-11,14H2,1-3H3/t26-/m0/s1. The zero-order valence-electron chi connectivity index (χ0n) is 18.5. The lowest BCUT2D eigenvalue weighted by molar-refractivity contribution is 0.282. The molecule has 0 saturated heterocycles. The SMILES string of the molecule is C=C(O)C1=CN2C(=CC1=C)c1cc(-c3ccc(C)cc3)c3c(c1C[C@H]2C(C)C)CCO3. The van der Waals surface area contributed by atoms with E-state index in [0.29, 0.717) is 17.5 Å². The van der Waals surface area contributed by atoms with Crippen LogP contribution in [0.25, 0.3) is 16.8 Å². The first-order chi connectivity index (χ1) is 14.8. The van der Waals surface area contributed by atoms with Crippen molar-refractivity contribution in [1.82, 2.24) is 4.90 Å². The van der Waals surface area contributed by atoms with Gasteiger partial charge in [0.15, 0.2) is 0 Å². The summed E-state index contributed by atoms with van der Waals surface area (Å²) < 4.78 is 6.17. The largest absolute Gasteiger partial charge is 0.508 e. The molecular weight excluding hydrogens is 382 g/mol. The van der Waals surface area contributed by atoms with E-state index in [1.807, 2.05) is 6.20 Å². The second-order valence-electron chi connectivity index (χ2n) is 9.19. The molecule has 3 heterocycles. The average molecular weight is 412 g/mol. The average Bonchev–Trinajstić information content (AvgIpc) is 3.22. The molecule has 0 radical (unpaired) electrons. The van der Waals surface area contributed by atoms with E-state index in [2.05, 4.69) is 75.2 Å². The van der Waals surface area contributed by atoms with Crippen LogP contribution in [-0.2, 0) is 12.8 Å². The minimum atomic E-state index is 0.0660. The smallest absolute Gasteiger partial charge is 0.130 e. The zero-order valence-corrected chi connectivity index (χ0v) is 18.5. The highest BCUT2D eigenvalue weighted by atomic mass is 16.5. The van der Waals surface area contributed by atoms with Crippen molar-refractivity contribution in [2.45, 2.75) is 39.7 Å². The van der Waals surface area contributed by atoms with E-state index in [4.69, 9.17) is 4.74 Å². The van der Waals surface area contributed by atoms with Crippen LogP contribution in [0.5, 0.6) is 5.75 Å². The second kappa shape index (κ2) is 7.19. The Morgan fingerprint density at radius 3 is 2.58 bits per heavy atom. The van der Waals surface area contributed by atoms with Gasteiger partial charge in [-0.3, -0.25) is 0 Å². The number of ether oxygens (including phenoxy) is 1. The van der Waals surface area contributed by atoms with Gasteiger partial charge in [-0.15, -0.1) is 0 Å². The molecule has 3 aliphatic heterocycles. The maximum Gasteiger partial charge on any atom is 0.130 e. The van der Waals surface area contributed by atoms with Gasteiger partial charge in [0, 0.05) is 46.6 Å². The molecule has 31 heavy (non-hydrogen) atoms. The third-order valence-corrected chi connectivity index (χ3v) is 6.79. The Morgan fingerprint density at radius 1 is 1.16 bits per heavy atom. The molecule has 0 bridgehead atoms. The van der Waals surface area contributed by atoms with Crippen molar-refractivity contribution in [2.75, 3.05) is 6.61 Å². The Hall–Kier alpha value is -3.20. The summed E-state index contributed by atoms with van der Waals surface area (Å²) in [6.07, 6.45) is 6.04. The summed E-state index contributed by atoms with van der Waals surface area (Å²) in [5, 5.41) is 10.1. The quantitative estimate of drug-likeness (QED) is 0.598. The van der Waals surface area contributed by atoms with Crippen LogP contribution < -0.4 is 4.74 Å². The fraction of sp³-hybridized carbons (Fsp3) is 0.286. The van der Waals surface area contributed by atoms with Crippen molar-refractivity contribution in [1.29, 1.82) is 0 Å². The summed E-state index contributed by atoms with van der Waals surface area (Å²) >= 11 is 0. The van der Waals surface area contributed by atoms with Gasteiger partial charge in [0.1, 0.15) is 11.5 Å². The zero-order chi connectivity index (χ0) is 21.9. The van der Waals surface area contributed by atoms with Crippen LogP contribution in [0.15, 0.2) is 72.7 Å². The minimum absolute atomic E-state index is 0.0660. The lowest BCUT2D eigenvalue weighted by Gasteiger charge is -2.43. The maximum absolute atomic E-state index is 10.1. The van der Waals surface area contributed by atoms with Crippen molar-refractivity contribution < 1.29 is 9.84 Å². The Morgan fingerprint density at radius 2 is 1.90 bits per heavy atom. The number of aliphatic hydroxyl groups excluding tert-OH is 1. The molecule has 5 rings (SSSR count). The predicted molar refractivity (Wildman–Crippen MR) is 127 cm³/mol. The van der Waals surface area contributed by atoms with Gasteiger partial charge in [0.25, 0.3) is 0 Å². The third-order valence-electron chi connectivity index (χ3n) is 6.79. The number of aryl methyl sites for hydroxylation is 1. The number of nitrogens with zero attached hydrogens (tertiary/aromatic N) is 1. The van der Waals surface area contributed by atoms with Crippen molar-refractivity contribution in [3.8, 4) is 16.9 Å². The summed E-state index contributed by atoms with van der Waals surface area (Å²) in [4.78, 5) is 2.32. The Bertz CT molecular complexity index is 1160. The number of hydrogen-bond acceptors (Lipinski definition) is 3. The molecule has 3 heteroatoms. The van der Waals surface area contributed by atoms with Gasteiger partial charge in [0.05, 0.1) is 6.61 Å². The summed E-state index contributed by atoms with van der Waals surface area (Å²) in [6.45, 7) is 15.3. The topological polar surface area (TPSA) is 32.7 Å². The number of fused-ring (bicyclic) bond motifs is 5. The number of hydrogen-bond donors (Lipinski definition) is 1. The highest BCUT2D eigenvalue weighted by Crippen LogP contribution is 2.48.